The van der Waals surface area contributed by atoms with Crippen molar-refractivity contribution in [3.05, 3.63) is 173 Å². The summed E-state index contributed by atoms with van der Waals surface area (Å²) in [7, 11) is 0. The Morgan fingerprint density at radius 2 is 0.915 bits per heavy atom. The maximum absolute atomic E-state index is 13.2. The van der Waals surface area contributed by atoms with E-state index in [-0.39, 0.29) is 39.3 Å². The van der Waals surface area contributed by atoms with Gasteiger partial charge < -0.3 is 40.0 Å². The molecule has 0 radical (unpaired) electrons. The van der Waals surface area contributed by atoms with Crippen molar-refractivity contribution in [3.63, 3.8) is 0 Å². The number of ether oxygens (including phenoxy) is 4. The van der Waals surface area contributed by atoms with Crippen LogP contribution in [-0.2, 0) is 51.7 Å². The highest BCUT2D eigenvalue weighted by atomic mass is 16.6. The van der Waals surface area contributed by atoms with Crippen molar-refractivity contribution in [1.29, 1.82) is 0 Å². The van der Waals surface area contributed by atoms with Gasteiger partial charge >= 0.3 is 24.2 Å². The molecule has 0 aliphatic rings. The molecule has 0 fully saturated rings. The second-order valence-corrected chi connectivity index (χ2v) is 13.7. The molecule has 0 spiro atoms. The van der Waals surface area contributed by atoms with Crippen molar-refractivity contribution >= 4 is 24.2 Å². The predicted molar refractivity (Wildman–Crippen MR) is 222 cm³/mol. The third-order valence-electron chi connectivity index (χ3n) is 9.06. The summed E-state index contributed by atoms with van der Waals surface area (Å²) in [6.07, 6.45) is -2.29. The summed E-state index contributed by atoms with van der Waals surface area (Å²) in [6.45, 7) is 1.76. The Labute approximate surface area is 344 Å². The van der Waals surface area contributed by atoms with Crippen LogP contribution < -0.4 is 20.7 Å². The first kappa shape index (κ1) is 43.3. The maximum Gasteiger partial charge on any atom is 0.407 e. The van der Waals surface area contributed by atoms with Crippen LogP contribution in [0.1, 0.15) is 27.8 Å². The van der Waals surface area contributed by atoms with Crippen LogP contribution in [0.25, 0.3) is 0 Å². The van der Waals surface area contributed by atoms with Gasteiger partial charge in [0, 0.05) is 45.2 Å². The van der Waals surface area contributed by atoms with Crippen molar-refractivity contribution in [2.24, 2.45) is 0 Å². The average Bonchev–Trinajstić information content (AvgIpc) is 3.26. The number of benzene rings is 5. The summed E-state index contributed by atoms with van der Waals surface area (Å²) in [5, 5.41) is 18.4. The summed E-state index contributed by atoms with van der Waals surface area (Å²) in [5.74, 6) is -0.685. The van der Waals surface area contributed by atoms with E-state index in [9.17, 15) is 24.3 Å². The van der Waals surface area contributed by atoms with Crippen LogP contribution in [0.2, 0.25) is 0 Å². The second-order valence-electron chi connectivity index (χ2n) is 13.7. The largest absolute Gasteiger partial charge is 0.478 e. The zero-order valence-electron chi connectivity index (χ0n) is 32.7. The van der Waals surface area contributed by atoms with E-state index in [0.29, 0.717) is 31.8 Å². The molecule has 59 heavy (non-hydrogen) atoms. The van der Waals surface area contributed by atoms with Gasteiger partial charge in [0.25, 0.3) is 0 Å². The number of carboxylic acids is 1. The molecule has 5 aromatic rings. The fourth-order valence-electron chi connectivity index (χ4n) is 6.04. The number of amides is 3. The highest BCUT2D eigenvalue weighted by Gasteiger charge is 2.22. The van der Waals surface area contributed by atoms with Crippen molar-refractivity contribution in [2.45, 2.75) is 44.8 Å². The molecule has 0 aromatic heterocycles. The zero-order chi connectivity index (χ0) is 41.5. The molecule has 13 heteroatoms. The number of carbonyl (C=O) groups excluding carboxylic acids is 3. The Morgan fingerprint density at radius 1 is 0.508 bits per heavy atom. The van der Waals surface area contributed by atoms with Gasteiger partial charge in [0.2, 0.25) is 0 Å². The summed E-state index contributed by atoms with van der Waals surface area (Å²) >= 11 is 0. The Bertz CT molecular complexity index is 1940. The van der Waals surface area contributed by atoms with Crippen LogP contribution >= 0.6 is 0 Å². The van der Waals surface area contributed by atoms with Gasteiger partial charge in [-0.25, -0.2) is 19.2 Å². The molecule has 4 N–H and O–H groups in total. The van der Waals surface area contributed by atoms with E-state index in [2.05, 4.69) is 16.0 Å². The minimum atomic E-state index is -1.08. The number of alkyl carbamates (subject to hydrolysis) is 3. The molecule has 0 heterocycles. The lowest BCUT2D eigenvalue weighted by Gasteiger charge is -2.28. The fraction of sp³-hybridized carbons (Fsp3) is 0.261. The van der Waals surface area contributed by atoms with Gasteiger partial charge in [-0.2, -0.15) is 0 Å². The third kappa shape index (κ3) is 16.6. The van der Waals surface area contributed by atoms with E-state index in [1.165, 1.54) is 0 Å². The van der Waals surface area contributed by atoms with Gasteiger partial charge in [-0.15, -0.1) is 0 Å². The Morgan fingerprint density at radius 3 is 1.36 bits per heavy atom. The van der Waals surface area contributed by atoms with Crippen LogP contribution in [0.4, 0.5) is 14.4 Å². The highest BCUT2D eigenvalue weighted by molar-refractivity contribution is 5.73. The number of nitrogens with zero attached hydrogens (tertiary/aromatic N) is 1. The molecule has 2 unspecified atom stereocenters. The number of aliphatic carboxylic acids is 1. The van der Waals surface area contributed by atoms with Crippen LogP contribution in [0.3, 0.4) is 0 Å². The van der Waals surface area contributed by atoms with E-state index in [0.717, 1.165) is 27.8 Å². The first-order valence-corrected chi connectivity index (χ1v) is 19.4. The van der Waals surface area contributed by atoms with Crippen molar-refractivity contribution in [3.8, 4) is 5.75 Å². The van der Waals surface area contributed by atoms with Crippen molar-refractivity contribution < 1.29 is 43.2 Å². The fourth-order valence-corrected chi connectivity index (χ4v) is 6.04. The van der Waals surface area contributed by atoms with Crippen molar-refractivity contribution in [2.75, 3.05) is 32.7 Å². The second kappa shape index (κ2) is 24.0. The molecule has 0 aliphatic carbocycles. The topological polar surface area (TPSA) is 165 Å². The summed E-state index contributed by atoms with van der Waals surface area (Å²) in [5.41, 5.74) is 4.23. The molecule has 5 rings (SSSR count). The highest BCUT2D eigenvalue weighted by Crippen LogP contribution is 2.18. The molecule has 308 valence electrons. The predicted octanol–water partition coefficient (Wildman–Crippen LogP) is 6.75. The third-order valence-corrected chi connectivity index (χ3v) is 9.06. The van der Waals surface area contributed by atoms with Crippen LogP contribution in [0, 0.1) is 0 Å². The molecule has 0 saturated carbocycles. The monoisotopic (exact) mass is 802 g/mol. The van der Waals surface area contributed by atoms with Gasteiger partial charge in [0.05, 0.1) is 0 Å². The lowest BCUT2D eigenvalue weighted by atomic mass is 10.0. The number of hydrogen-bond acceptors (Lipinski definition) is 9. The quantitative estimate of drug-likeness (QED) is 0.0551. The number of rotatable bonds is 22. The maximum atomic E-state index is 13.2. The lowest BCUT2D eigenvalue weighted by molar-refractivity contribution is -0.145. The SMILES string of the molecule is O=C(NCCN(CCNC(=O)OCc1ccccc1)CC(Cc1ccc(OC(Cc2ccccc2)C(=O)O)cc1)NC(=O)OCc1ccccc1)OCc1ccccc1. The molecule has 5 aromatic carbocycles. The molecule has 0 bridgehead atoms. The van der Waals surface area contributed by atoms with Gasteiger partial charge in [0.15, 0.2) is 6.10 Å². The number of nitrogens with one attached hydrogen (secondary N) is 3. The molecule has 0 saturated heterocycles. The Balaban J connectivity index is 1.24. The minimum Gasteiger partial charge on any atom is -0.478 e. The molecule has 2 atom stereocenters. The first-order chi connectivity index (χ1) is 28.8. The van der Waals surface area contributed by atoms with E-state index < -0.39 is 36.4 Å². The summed E-state index contributed by atoms with van der Waals surface area (Å²) in [4.78, 5) is 52.4. The molecular weight excluding hydrogens is 753 g/mol. The van der Waals surface area contributed by atoms with Gasteiger partial charge in [-0.3, -0.25) is 4.90 Å². The minimum absolute atomic E-state index is 0.0763. The standard InChI is InChI=1S/C46H50N4O9/c51-43(52)42(30-35-13-5-1-6-14-35)59-41-23-21-36(22-24-41)29-40(49-46(55)58-34-39-19-11-4-12-20-39)31-50(27-25-47-44(53)56-32-37-15-7-2-8-16-37)28-26-48-45(54)57-33-38-17-9-3-10-18-38/h1-24,40,42H,25-34H2,(H,47,53)(H,48,54)(H,49,55)(H,51,52). The van der Waals surface area contributed by atoms with Gasteiger partial charge in [-0.1, -0.05) is 133 Å². The number of carboxylic acid groups (broad SMARTS) is 1. The number of hydrogen-bond donors (Lipinski definition) is 4. The number of carbonyl (C=O) groups is 4. The van der Waals surface area contributed by atoms with Gasteiger partial charge in [0.1, 0.15) is 25.6 Å². The normalized spacial score (nSPS) is 11.7. The average molecular weight is 803 g/mol. The van der Waals surface area contributed by atoms with Crippen molar-refractivity contribution in [1.82, 2.24) is 20.9 Å². The Kier molecular flexibility index (Phi) is 17.6. The van der Waals surface area contributed by atoms with Crippen LogP contribution in [0.5, 0.6) is 5.75 Å². The Hall–Kier alpha value is -6.86. The van der Waals surface area contributed by atoms with Crippen LogP contribution in [0.15, 0.2) is 146 Å². The summed E-state index contributed by atoms with van der Waals surface area (Å²) in [6, 6.07) is 43.8. The zero-order valence-corrected chi connectivity index (χ0v) is 32.7. The lowest BCUT2D eigenvalue weighted by Crippen LogP contribution is -2.48. The van der Waals surface area contributed by atoms with E-state index in [4.69, 9.17) is 18.9 Å². The van der Waals surface area contributed by atoms with E-state index >= 15 is 0 Å². The van der Waals surface area contributed by atoms with Gasteiger partial charge in [-0.05, 0) is 46.4 Å². The van der Waals surface area contributed by atoms with Crippen LogP contribution in [-0.4, -0.2) is 79.1 Å². The molecular formula is C46H50N4O9. The molecule has 3 amide bonds. The smallest absolute Gasteiger partial charge is 0.407 e. The van der Waals surface area contributed by atoms with E-state index in [1.807, 2.05) is 138 Å². The van der Waals surface area contributed by atoms with E-state index in [1.54, 1.807) is 12.1 Å². The molecule has 13 nitrogen and oxygen atoms in total. The molecule has 0 aliphatic heterocycles. The summed E-state index contributed by atoms with van der Waals surface area (Å²) < 4.78 is 22.2. The first-order valence-electron chi connectivity index (χ1n) is 19.4.